The number of esters is 1. The molecule has 1 aromatic rings. The van der Waals surface area contributed by atoms with Gasteiger partial charge in [-0.05, 0) is 12.0 Å². The van der Waals surface area contributed by atoms with Crippen molar-refractivity contribution in [3.8, 4) is 0 Å². The molecule has 6 heteroatoms. The molecule has 0 saturated carbocycles. The number of carbonyl (C=O) groups excluding carboxylic acids is 1. The molecule has 0 bridgehead atoms. The van der Waals surface area contributed by atoms with Gasteiger partial charge in [0.25, 0.3) is 0 Å². The maximum absolute atomic E-state index is 12.6. The van der Waals surface area contributed by atoms with Crippen molar-refractivity contribution in [2.45, 2.75) is 62.8 Å². The zero-order valence-electron chi connectivity index (χ0n) is 15.1. The van der Waals surface area contributed by atoms with Crippen molar-refractivity contribution >= 4 is 5.97 Å². The van der Waals surface area contributed by atoms with E-state index < -0.39 is 29.5 Å². The molecule has 3 fully saturated rings. The lowest BCUT2D eigenvalue weighted by Gasteiger charge is -2.34. The summed E-state index contributed by atoms with van der Waals surface area (Å²) in [4.78, 5) is 12.6. The predicted molar refractivity (Wildman–Crippen MR) is 92.1 cm³/mol. The van der Waals surface area contributed by atoms with Gasteiger partial charge in [0.2, 0.25) is 0 Å². The summed E-state index contributed by atoms with van der Waals surface area (Å²) in [7, 11) is 0. The molecule has 3 saturated heterocycles. The molecular formula is C20H26O6. The molecule has 3 aliphatic rings. The fourth-order valence-electron chi connectivity index (χ4n) is 4.46. The van der Waals surface area contributed by atoms with Gasteiger partial charge in [-0.1, -0.05) is 50.1 Å². The lowest BCUT2D eigenvalue weighted by Crippen LogP contribution is -2.48. The molecule has 0 radical (unpaired) electrons. The number of ether oxygens (including phenoxy) is 4. The number of hydrogen-bond donors (Lipinski definition) is 1. The van der Waals surface area contributed by atoms with Crippen molar-refractivity contribution in [1.82, 2.24) is 0 Å². The number of cyclic esters (lactones) is 1. The van der Waals surface area contributed by atoms with Crippen LogP contribution in [0, 0.1) is 5.92 Å². The Morgan fingerprint density at radius 3 is 2.85 bits per heavy atom. The maximum atomic E-state index is 12.6. The third-order valence-electron chi connectivity index (χ3n) is 5.74. The molecule has 26 heavy (non-hydrogen) atoms. The van der Waals surface area contributed by atoms with Crippen molar-refractivity contribution < 1.29 is 28.8 Å². The molecule has 142 valence electrons. The maximum Gasteiger partial charge on any atom is 0.317 e. The van der Waals surface area contributed by atoms with Crippen LogP contribution >= 0.6 is 0 Å². The topological polar surface area (TPSA) is 74.2 Å². The van der Waals surface area contributed by atoms with E-state index in [1.165, 1.54) is 0 Å². The van der Waals surface area contributed by atoms with Crippen LogP contribution in [0.2, 0.25) is 0 Å². The van der Waals surface area contributed by atoms with Crippen LogP contribution < -0.4 is 0 Å². The fraction of sp³-hybridized carbons (Fsp3) is 0.650. The van der Waals surface area contributed by atoms with Gasteiger partial charge in [-0.25, -0.2) is 0 Å². The second-order valence-corrected chi connectivity index (χ2v) is 7.46. The lowest BCUT2D eigenvalue weighted by molar-refractivity contribution is -0.265. The molecule has 1 N–H and O–H groups in total. The summed E-state index contributed by atoms with van der Waals surface area (Å²) in [6.45, 7) is 2.72. The average molecular weight is 362 g/mol. The number of carbonyl (C=O) groups is 1. The largest absolute Gasteiger partial charge is 0.462 e. The average Bonchev–Trinajstić information content (AvgIpc) is 3.24. The minimum absolute atomic E-state index is 0.114. The molecule has 5 atom stereocenters. The van der Waals surface area contributed by atoms with Crippen molar-refractivity contribution in [3.05, 3.63) is 35.9 Å². The summed E-state index contributed by atoms with van der Waals surface area (Å²) in [5, 5.41) is 10.3. The Morgan fingerprint density at radius 1 is 1.27 bits per heavy atom. The van der Waals surface area contributed by atoms with Gasteiger partial charge in [-0.15, -0.1) is 0 Å². The summed E-state index contributed by atoms with van der Waals surface area (Å²) >= 11 is 0. The number of aliphatic hydroxyl groups is 1. The van der Waals surface area contributed by atoms with E-state index in [4.69, 9.17) is 18.9 Å². The molecule has 3 aliphatic heterocycles. The summed E-state index contributed by atoms with van der Waals surface area (Å²) in [6.07, 6.45) is 2.13. The van der Waals surface area contributed by atoms with Crippen molar-refractivity contribution in [1.29, 1.82) is 0 Å². The standard InChI is InChI=1S/C20H26O6/c1-2-3-7-10-20(25-11-14-8-5-4-6-9-14)16-18(22)23-13-19(16)17(26-20)15(21)12-24-19/h4-6,8-9,15-17,21H,2-3,7,10-13H2,1H3/t15-,16+,17+,19+,20-/m1/s1. The number of unbranched alkanes of at least 4 members (excludes halogenated alkanes) is 2. The van der Waals surface area contributed by atoms with E-state index in [0.717, 1.165) is 24.8 Å². The number of hydrogen-bond acceptors (Lipinski definition) is 6. The van der Waals surface area contributed by atoms with Gasteiger partial charge in [-0.3, -0.25) is 4.79 Å². The van der Waals surface area contributed by atoms with E-state index in [0.29, 0.717) is 13.0 Å². The van der Waals surface area contributed by atoms with E-state index in [1.54, 1.807) is 0 Å². The first-order chi connectivity index (χ1) is 12.6. The normalized spacial score (nSPS) is 38.2. The Kier molecular flexibility index (Phi) is 4.77. The highest BCUT2D eigenvalue weighted by molar-refractivity contribution is 5.78. The van der Waals surface area contributed by atoms with Crippen LogP contribution in [0.3, 0.4) is 0 Å². The minimum atomic E-state index is -1.12. The highest BCUT2D eigenvalue weighted by Gasteiger charge is 2.75. The Morgan fingerprint density at radius 2 is 2.08 bits per heavy atom. The second kappa shape index (κ2) is 6.93. The number of aliphatic hydroxyl groups excluding tert-OH is 1. The van der Waals surface area contributed by atoms with Crippen LogP contribution in [-0.2, 0) is 30.3 Å². The molecule has 0 amide bonds. The first-order valence-electron chi connectivity index (χ1n) is 9.46. The molecule has 0 aliphatic carbocycles. The summed E-state index contributed by atoms with van der Waals surface area (Å²) in [5.74, 6) is -2.14. The predicted octanol–water partition coefficient (Wildman–Crippen LogP) is 2.18. The van der Waals surface area contributed by atoms with Gasteiger partial charge in [0.1, 0.15) is 30.3 Å². The van der Waals surface area contributed by atoms with Gasteiger partial charge >= 0.3 is 5.97 Å². The minimum Gasteiger partial charge on any atom is -0.462 e. The first kappa shape index (κ1) is 17.9. The summed E-state index contributed by atoms with van der Waals surface area (Å²) in [6, 6.07) is 9.80. The zero-order chi connectivity index (χ0) is 18.2. The van der Waals surface area contributed by atoms with Crippen LogP contribution in [0.25, 0.3) is 0 Å². The van der Waals surface area contributed by atoms with Crippen LogP contribution in [0.5, 0.6) is 0 Å². The van der Waals surface area contributed by atoms with Crippen LogP contribution in [-0.4, -0.2) is 47.9 Å². The van der Waals surface area contributed by atoms with Crippen LogP contribution in [0.15, 0.2) is 30.3 Å². The molecule has 4 rings (SSSR count). The molecule has 6 nitrogen and oxygen atoms in total. The third kappa shape index (κ3) is 2.76. The molecular weight excluding hydrogens is 336 g/mol. The summed E-state index contributed by atoms with van der Waals surface area (Å²) in [5.41, 5.74) is 0.0734. The van der Waals surface area contributed by atoms with Crippen molar-refractivity contribution in [2.75, 3.05) is 13.2 Å². The van der Waals surface area contributed by atoms with Gasteiger partial charge in [0.05, 0.1) is 13.2 Å². The van der Waals surface area contributed by atoms with Gasteiger partial charge < -0.3 is 24.1 Å². The molecule has 3 heterocycles. The monoisotopic (exact) mass is 362 g/mol. The van der Waals surface area contributed by atoms with E-state index in [9.17, 15) is 9.90 Å². The number of benzene rings is 1. The Bertz CT molecular complexity index is 649. The van der Waals surface area contributed by atoms with Gasteiger partial charge in [0.15, 0.2) is 5.79 Å². The van der Waals surface area contributed by atoms with E-state index >= 15 is 0 Å². The molecule has 1 spiro atoms. The highest BCUT2D eigenvalue weighted by atomic mass is 16.7. The van der Waals surface area contributed by atoms with Crippen LogP contribution in [0.1, 0.15) is 38.2 Å². The van der Waals surface area contributed by atoms with Gasteiger partial charge in [-0.2, -0.15) is 0 Å². The Hall–Kier alpha value is -1.47. The van der Waals surface area contributed by atoms with E-state index in [-0.39, 0.29) is 19.2 Å². The third-order valence-corrected chi connectivity index (χ3v) is 5.74. The van der Waals surface area contributed by atoms with E-state index in [1.807, 2.05) is 30.3 Å². The highest BCUT2D eigenvalue weighted by Crippen LogP contribution is 2.56. The van der Waals surface area contributed by atoms with Gasteiger partial charge in [0, 0.05) is 6.42 Å². The summed E-state index contributed by atoms with van der Waals surface area (Å²) < 4.78 is 23.8. The number of rotatable bonds is 7. The molecule has 0 unspecified atom stereocenters. The fourth-order valence-corrected chi connectivity index (χ4v) is 4.46. The van der Waals surface area contributed by atoms with E-state index in [2.05, 4.69) is 6.92 Å². The zero-order valence-corrected chi connectivity index (χ0v) is 15.1. The van der Waals surface area contributed by atoms with Crippen LogP contribution in [0.4, 0.5) is 0 Å². The molecule has 1 aromatic carbocycles. The Labute approximate surface area is 153 Å². The SMILES string of the molecule is CCCCC[C@@]1(OCc2ccccc2)O[C@H]2[C@H](O)CO[C@]23COC(=O)[C@H]13. The molecule has 0 aromatic heterocycles. The second-order valence-electron chi connectivity index (χ2n) is 7.46. The quantitative estimate of drug-likeness (QED) is 0.592. The lowest BCUT2D eigenvalue weighted by atomic mass is 9.81. The smallest absolute Gasteiger partial charge is 0.317 e. The van der Waals surface area contributed by atoms with Crippen molar-refractivity contribution in [3.63, 3.8) is 0 Å². The Balaban J connectivity index is 1.63. The first-order valence-corrected chi connectivity index (χ1v) is 9.46. The van der Waals surface area contributed by atoms with Crippen molar-refractivity contribution in [2.24, 2.45) is 5.92 Å².